The first-order chi connectivity index (χ1) is 11.3. The molecule has 23 heavy (non-hydrogen) atoms. The van der Waals surface area contributed by atoms with Crippen LogP contribution in [0.15, 0.2) is 38.7 Å². The molecule has 0 bridgehead atoms. The molecule has 3 aromatic rings. The fraction of sp³-hybridized carbons (Fsp3) is 0.357. The van der Waals surface area contributed by atoms with E-state index in [1.165, 1.54) is 11.8 Å². The molecule has 3 aromatic heterocycles. The third-order valence-electron chi connectivity index (χ3n) is 2.92. The first-order valence-electron chi connectivity index (χ1n) is 7.07. The first-order valence-corrected chi connectivity index (χ1v) is 8.05. The van der Waals surface area contributed by atoms with Gasteiger partial charge >= 0.3 is 0 Å². The van der Waals surface area contributed by atoms with E-state index in [0.717, 1.165) is 5.56 Å². The van der Waals surface area contributed by atoms with Gasteiger partial charge in [0.1, 0.15) is 6.10 Å². The summed E-state index contributed by atoms with van der Waals surface area (Å²) in [4.78, 5) is 8.24. The van der Waals surface area contributed by atoms with Gasteiger partial charge in [0.15, 0.2) is 5.82 Å². The molecule has 9 heteroatoms. The Balaban J connectivity index is 1.60. The number of rotatable bonds is 7. The van der Waals surface area contributed by atoms with Crippen LogP contribution < -0.4 is 0 Å². The van der Waals surface area contributed by atoms with Gasteiger partial charge in [-0.2, -0.15) is 4.98 Å². The first kappa shape index (κ1) is 15.6. The van der Waals surface area contributed by atoms with Crippen molar-refractivity contribution in [2.45, 2.75) is 30.9 Å². The summed E-state index contributed by atoms with van der Waals surface area (Å²) in [6.45, 7) is 4.40. The Kier molecular flexibility index (Phi) is 4.99. The second-order valence-electron chi connectivity index (χ2n) is 4.54. The molecule has 0 amide bonds. The lowest BCUT2D eigenvalue weighted by Gasteiger charge is -2.04. The number of ether oxygens (including phenoxy) is 1. The minimum Gasteiger partial charge on any atom is -0.411 e. The van der Waals surface area contributed by atoms with Gasteiger partial charge in [-0.25, -0.2) is 0 Å². The Labute approximate surface area is 136 Å². The average Bonchev–Trinajstić information content (AvgIpc) is 3.23. The molecule has 0 fully saturated rings. The van der Waals surface area contributed by atoms with Gasteiger partial charge in [0.2, 0.25) is 11.8 Å². The lowest BCUT2D eigenvalue weighted by molar-refractivity contribution is 0.0683. The van der Waals surface area contributed by atoms with Crippen molar-refractivity contribution in [2.75, 3.05) is 6.61 Å². The topological polar surface area (TPSA) is 100.0 Å². The van der Waals surface area contributed by atoms with Gasteiger partial charge in [0.05, 0.1) is 5.75 Å². The maximum Gasteiger partial charge on any atom is 0.277 e. The summed E-state index contributed by atoms with van der Waals surface area (Å²) in [7, 11) is 0. The number of pyridine rings is 1. The van der Waals surface area contributed by atoms with Crippen molar-refractivity contribution in [2.24, 2.45) is 0 Å². The van der Waals surface area contributed by atoms with Crippen LogP contribution in [0.4, 0.5) is 0 Å². The summed E-state index contributed by atoms with van der Waals surface area (Å²) in [5.41, 5.74) is 0.824. The van der Waals surface area contributed by atoms with E-state index in [9.17, 15) is 0 Å². The molecular formula is C14H15N5O3S. The van der Waals surface area contributed by atoms with E-state index in [1.54, 1.807) is 24.5 Å². The highest BCUT2D eigenvalue weighted by molar-refractivity contribution is 7.98. The summed E-state index contributed by atoms with van der Waals surface area (Å²) in [6.07, 6.45) is 3.15. The smallest absolute Gasteiger partial charge is 0.277 e. The highest BCUT2D eigenvalue weighted by atomic mass is 32.2. The molecule has 0 aromatic carbocycles. The van der Waals surface area contributed by atoms with Crippen molar-refractivity contribution in [3.05, 3.63) is 36.2 Å². The van der Waals surface area contributed by atoms with Gasteiger partial charge in [-0.15, -0.1) is 10.2 Å². The van der Waals surface area contributed by atoms with Crippen molar-refractivity contribution < 1.29 is 13.7 Å². The van der Waals surface area contributed by atoms with Crippen molar-refractivity contribution in [3.8, 4) is 11.5 Å². The van der Waals surface area contributed by atoms with E-state index in [1.807, 2.05) is 13.8 Å². The van der Waals surface area contributed by atoms with Gasteiger partial charge in [0.25, 0.3) is 5.22 Å². The highest BCUT2D eigenvalue weighted by Gasteiger charge is 2.15. The SMILES string of the molecule is CCO[C@@H](C)c1noc(CSc2nnc(-c3ccncc3)o2)n1. The van der Waals surface area contributed by atoms with E-state index in [2.05, 4.69) is 25.3 Å². The second kappa shape index (κ2) is 7.34. The molecule has 0 aliphatic heterocycles. The summed E-state index contributed by atoms with van der Waals surface area (Å²) in [5, 5.41) is 12.3. The van der Waals surface area contributed by atoms with E-state index >= 15 is 0 Å². The van der Waals surface area contributed by atoms with Crippen LogP contribution in [-0.2, 0) is 10.5 Å². The summed E-state index contributed by atoms with van der Waals surface area (Å²) in [6, 6.07) is 3.61. The van der Waals surface area contributed by atoms with Crippen molar-refractivity contribution in [1.82, 2.24) is 25.3 Å². The minimum atomic E-state index is -0.191. The average molecular weight is 333 g/mol. The molecule has 8 nitrogen and oxygen atoms in total. The van der Waals surface area contributed by atoms with Crippen LogP contribution in [0, 0.1) is 0 Å². The summed E-state index contributed by atoms with van der Waals surface area (Å²) < 4.78 is 16.2. The molecule has 3 heterocycles. The lowest BCUT2D eigenvalue weighted by Crippen LogP contribution is -2.01. The standard InChI is InChI=1S/C14H15N5O3S/c1-3-20-9(2)12-16-11(22-19-12)8-23-14-18-17-13(21-14)10-4-6-15-7-5-10/h4-7,9H,3,8H2,1-2H3/t9-/m0/s1. The molecule has 120 valence electrons. The maximum absolute atomic E-state index is 5.58. The zero-order chi connectivity index (χ0) is 16.1. The molecule has 0 spiro atoms. The van der Waals surface area contributed by atoms with Crippen LogP contribution in [-0.4, -0.2) is 31.9 Å². The Morgan fingerprint density at radius 1 is 1.26 bits per heavy atom. The number of thioether (sulfide) groups is 1. The molecule has 0 aliphatic carbocycles. The Morgan fingerprint density at radius 3 is 2.87 bits per heavy atom. The predicted octanol–water partition coefficient (Wildman–Crippen LogP) is 2.90. The van der Waals surface area contributed by atoms with Gasteiger partial charge in [-0.05, 0) is 26.0 Å². The largest absolute Gasteiger partial charge is 0.411 e. The molecule has 0 saturated heterocycles. The molecule has 0 unspecified atom stereocenters. The molecule has 0 aliphatic rings. The third-order valence-corrected chi connectivity index (χ3v) is 3.72. The molecule has 0 N–H and O–H groups in total. The third kappa shape index (κ3) is 3.93. The molecule has 3 rings (SSSR count). The zero-order valence-corrected chi connectivity index (χ0v) is 13.5. The molecule has 0 radical (unpaired) electrons. The van der Waals surface area contributed by atoms with Crippen LogP contribution in [0.1, 0.15) is 31.7 Å². The molecular weight excluding hydrogens is 318 g/mol. The Morgan fingerprint density at radius 2 is 2.09 bits per heavy atom. The van der Waals surface area contributed by atoms with Gasteiger partial charge in [-0.3, -0.25) is 4.98 Å². The quantitative estimate of drug-likeness (QED) is 0.604. The minimum absolute atomic E-state index is 0.191. The fourth-order valence-corrected chi connectivity index (χ4v) is 2.42. The summed E-state index contributed by atoms with van der Waals surface area (Å²) in [5.74, 6) is 1.92. The highest BCUT2D eigenvalue weighted by Crippen LogP contribution is 2.25. The van der Waals surface area contributed by atoms with Crippen LogP contribution in [0.2, 0.25) is 0 Å². The molecule has 0 saturated carbocycles. The summed E-state index contributed by atoms with van der Waals surface area (Å²) >= 11 is 1.33. The zero-order valence-electron chi connectivity index (χ0n) is 12.7. The van der Waals surface area contributed by atoms with Gasteiger partial charge in [-0.1, -0.05) is 16.9 Å². The van der Waals surface area contributed by atoms with Crippen molar-refractivity contribution >= 4 is 11.8 Å². The second-order valence-corrected chi connectivity index (χ2v) is 5.47. The number of nitrogens with zero attached hydrogens (tertiary/aromatic N) is 5. The van der Waals surface area contributed by atoms with Crippen LogP contribution in [0.5, 0.6) is 0 Å². The maximum atomic E-state index is 5.58. The number of hydrogen-bond donors (Lipinski definition) is 0. The van der Waals surface area contributed by atoms with E-state index in [0.29, 0.717) is 35.2 Å². The number of aromatic nitrogens is 5. The van der Waals surface area contributed by atoms with Crippen LogP contribution >= 0.6 is 11.8 Å². The van der Waals surface area contributed by atoms with E-state index in [4.69, 9.17) is 13.7 Å². The van der Waals surface area contributed by atoms with Crippen LogP contribution in [0.3, 0.4) is 0 Å². The Hall–Kier alpha value is -2.26. The lowest BCUT2D eigenvalue weighted by atomic mass is 10.3. The van der Waals surface area contributed by atoms with E-state index < -0.39 is 0 Å². The molecule has 1 atom stereocenters. The number of hydrogen-bond acceptors (Lipinski definition) is 9. The van der Waals surface area contributed by atoms with Crippen molar-refractivity contribution in [1.29, 1.82) is 0 Å². The monoisotopic (exact) mass is 333 g/mol. The van der Waals surface area contributed by atoms with Gasteiger partial charge < -0.3 is 13.7 Å². The van der Waals surface area contributed by atoms with Gasteiger partial charge in [0, 0.05) is 24.6 Å². The normalized spacial score (nSPS) is 12.4. The predicted molar refractivity (Wildman–Crippen MR) is 81.4 cm³/mol. The van der Waals surface area contributed by atoms with Crippen LogP contribution in [0.25, 0.3) is 11.5 Å². The Bertz CT molecular complexity index is 746. The fourth-order valence-electron chi connectivity index (χ4n) is 1.82. The van der Waals surface area contributed by atoms with E-state index in [-0.39, 0.29) is 6.10 Å². The van der Waals surface area contributed by atoms with Crippen molar-refractivity contribution in [3.63, 3.8) is 0 Å².